The lowest BCUT2D eigenvalue weighted by atomic mass is 9.82. The van der Waals surface area contributed by atoms with Gasteiger partial charge in [-0.05, 0) is 235 Å². The monoisotopic (exact) mass is 1260 g/mol. The van der Waals surface area contributed by atoms with Crippen LogP contribution in [0.5, 0.6) is 17.2 Å². The normalized spacial score (nSPS) is 14.6. The van der Waals surface area contributed by atoms with Gasteiger partial charge in [0.1, 0.15) is 11.4 Å². The number of carbonyl (C=O) groups excluding carboxylic acids is 2. The third-order valence-electron chi connectivity index (χ3n) is 14.6. The number of halogens is 4. The fourth-order valence-electron chi connectivity index (χ4n) is 9.42. The molecule has 1 unspecified atom stereocenters. The number of rotatable bonds is 22. The Balaban J connectivity index is 0.000000606. The van der Waals surface area contributed by atoms with Gasteiger partial charge in [0, 0.05) is 61.8 Å². The van der Waals surface area contributed by atoms with Crippen molar-refractivity contribution in [1.29, 1.82) is 0 Å². The van der Waals surface area contributed by atoms with E-state index in [2.05, 4.69) is 119 Å². The van der Waals surface area contributed by atoms with Gasteiger partial charge in [-0.1, -0.05) is 100.0 Å². The number of fused-ring (bicyclic) bond motifs is 1. The molecule has 1 atom stereocenters. The highest BCUT2D eigenvalue weighted by Gasteiger charge is 2.31. The van der Waals surface area contributed by atoms with Crippen LogP contribution in [0.15, 0.2) is 87.2 Å². The number of hydrogen-bond donors (Lipinski definition) is 0. The first kappa shape index (κ1) is 81.6. The van der Waals surface area contributed by atoms with E-state index in [-0.39, 0.29) is 17.7 Å². The maximum atomic E-state index is 13.2. The fourth-order valence-corrected chi connectivity index (χ4v) is 10.3. The Hall–Kier alpha value is -5.37. The van der Waals surface area contributed by atoms with Crippen LogP contribution in [0.1, 0.15) is 245 Å². The van der Waals surface area contributed by atoms with Crippen molar-refractivity contribution in [2.75, 3.05) is 40.6 Å². The summed E-state index contributed by atoms with van der Waals surface area (Å²) >= 11 is 1.68. The quantitative estimate of drug-likeness (QED) is 0.0335. The number of Topliss-reactive ketones (excluding diaryl/α,β-unsaturated/α-hetero) is 2. The van der Waals surface area contributed by atoms with Crippen LogP contribution in [-0.2, 0) is 50.2 Å². The maximum Gasteiger partial charge on any atom is 0.270 e. The summed E-state index contributed by atoms with van der Waals surface area (Å²) in [6, 6.07) is 11.9. The van der Waals surface area contributed by atoms with E-state index in [1.807, 2.05) is 46.8 Å². The number of allylic oxidation sites excluding steroid dienone is 5. The highest BCUT2D eigenvalue weighted by molar-refractivity contribution is 7.08. The van der Waals surface area contributed by atoms with Crippen molar-refractivity contribution >= 4 is 34.2 Å². The van der Waals surface area contributed by atoms with Crippen LogP contribution in [0.2, 0.25) is 0 Å². The molecule has 89 heavy (non-hydrogen) atoms. The highest BCUT2D eigenvalue weighted by Crippen LogP contribution is 2.39. The van der Waals surface area contributed by atoms with Crippen LogP contribution >= 0.6 is 11.3 Å². The minimum Gasteiger partial charge on any atom is -0.496 e. The van der Waals surface area contributed by atoms with Crippen molar-refractivity contribution in [1.82, 2.24) is 0 Å². The molecular formula is C76H115F4NO7S. The van der Waals surface area contributed by atoms with Crippen LogP contribution in [0.4, 0.5) is 17.6 Å². The van der Waals surface area contributed by atoms with Gasteiger partial charge >= 0.3 is 0 Å². The molecule has 0 amide bonds. The Kier molecular flexibility index (Phi) is 35.3. The van der Waals surface area contributed by atoms with Crippen molar-refractivity contribution in [2.24, 2.45) is 21.7 Å². The molecule has 0 radical (unpaired) electrons. The molecule has 8 nitrogen and oxygen atoms in total. The fraction of sp³-hybridized carbons (Fsp3) is 0.592. The molecule has 1 aromatic heterocycles. The minimum absolute atomic E-state index is 0.0607. The molecule has 0 fully saturated rings. The molecule has 4 aromatic rings. The Bertz CT molecular complexity index is 2900. The smallest absolute Gasteiger partial charge is 0.270 e. The lowest BCUT2D eigenvalue weighted by Crippen LogP contribution is -2.14. The summed E-state index contributed by atoms with van der Waals surface area (Å²) in [6.45, 7) is 51.6. The SMILES string of the molecule is C=C(C)c1cc(C(C)(F)F)cc(C(C)(F)F)c1.CCCOCC(C)(C)C.CCCOCC(C)(C)C.COc1cc(CC/C(C)=C(/C)C(C)=O)c(C)cc1OC(C)C.COc1cc2c(cc1CC(C)C)C(C)CC/C(=C(\N=C(C)c1cscc1C)C(C)=O)CC2. The van der Waals surface area contributed by atoms with Crippen LogP contribution in [0.25, 0.3) is 5.57 Å². The highest BCUT2D eigenvalue weighted by atomic mass is 32.1. The minimum atomic E-state index is -3.15. The summed E-state index contributed by atoms with van der Waals surface area (Å²) in [5.41, 5.74) is 14.2. The lowest BCUT2D eigenvalue weighted by Gasteiger charge is -2.25. The number of benzene rings is 3. The second-order valence-electron chi connectivity index (χ2n) is 27.2. The van der Waals surface area contributed by atoms with Crippen LogP contribution in [0.3, 0.4) is 0 Å². The van der Waals surface area contributed by atoms with E-state index in [4.69, 9.17) is 28.7 Å². The Morgan fingerprint density at radius 2 is 1.21 bits per heavy atom. The third kappa shape index (κ3) is 31.0. The van der Waals surface area contributed by atoms with Crippen molar-refractivity contribution in [2.45, 2.75) is 241 Å². The van der Waals surface area contributed by atoms with Crippen molar-refractivity contribution in [3.8, 4) is 17.2 Å². The zero-order chi connectivity index (χ0) is 68.4. The molecular weight excluding hydrogens is 1150 g/mol. The standard InChI is InChI=1S/C28H37NO2S.C19H28O3.C13H14F4.2C8H18O/c1-17(2)12-24-13-25-18(3)8-9-22(10-11-23(25)14-27(24)31-7)28(21(6)30)29-20(5)26-16-32-15-19(26)4;1-12(2)22-19-10-14(4)17(11-18(19)21-7)9-8-13(3)15(5)16(6)20;1-8(2)9-5-10(12(3,14)15)7-11(6-9)13(4,16)17;2*1-5-6-9-7-8(2,3)4/h13-18H,8-12H2,1-7H3;10-12H,8-9H2,1-7H3;5-7H,1H2,2-4H3;2*5-7H2,1-4H3/b28-22+,29-20?;15-13-;;;. The summed E-state index contributed by atoms with van der Waals surface area (Å²) < 4.78 is 80.4. The zero-order valence-electron chi connectivity index (χ0n) is 59.6. The molecule has 1 aliphatic rings. The van der Waals surface area contributed by atoms with E-state index in [0.29, 0.717) is 53.3 Å². The van der Waals surface area contributed by atoms with E-state index in [9.17, 15) is 27.2 Å². The molecule has 0 N–H and O–H groups in total. The average molecular weight is 1260 g/mol. The summed E-state index contributed by atoms with van der Waals surface area (Å²) in [5, 5.41) is 4.25. The molecule has 0 saturated heterocycles. The second-order valence-corrected chi connectivity index (χ2v) is 28.0. The lowest BCUT2D eigenvalue weighted by molar-refractivity contribution is -0.114. The molecule has 5 rings (SSSR count). The van der Waals surface area contributed by atoms with Crippen molar-refractivity contribution in [3.05, 3.63) is 138 Å². The first-order valence-corrected chi connectivity index (χ1v) is 32.8. The molecule has 0 spiro atoms. The molecule has 1 aliphatic carbocycles. The van der Waals surface area contributed by atoms with Gasteiger partial charge in [-0.2, -0.15) is 11.3 Å². The van der Waals surface area contributed by atoms with E-state index in [1.54, 1.807) is 46.3 Å². The molecule has 13 heteroatoms. The maximum absolute atomic E-state index is 13.2. The summed E-state index contributed by atoms with van der Waals surface area (Å²) in [6.07, 6.45) is 8.86. The molecule has 1 heterocycles. The van der Waals surface area contributed by atoms with E-state index in [1.165, 1.54) is 51.1 Å². The summed E-state index contributed by atoms with van der Waals surface area (Å²) in [4.78, 5) is 28.9. The van der Waals surface area contributed by atoms with Gasteiger partial charge in [-0.15, -0.1) is 0 Å². The first-order valence-electron chi connectivity index (χ1n) is 31.9. The van der Waals surface area contributed by atoms with Gasteiger partial charge in [0.2, 0.25) is 0 Å². The number of ether oxygens (including phenoxy) is 5. The van der Waals surface area contributed by atoms with Gasteiger partial charge in [0.15, 0.2) is 23.1 Å². The summed E-state index contributed by atoms with van der Waals surface area (Å²) in [7, 11) is 3.42. The first-order chi connectivity index (χ1) is 41.1. The number of alkyl halides is 4. The van der Waals surface area contributed by atoms with Crippen molar-refractivity contribution < 1.29 is 50.8 Å². The number of methoxy groups -OCH3 is 2. The largest absolute Gasteiger partial charge is 0.496 e. The van der Waals surface area contributed by atoms with Crippen LogP contribution in [-0.4, -0.2) is 64.0 Å². The van der Waals surface area contributed by atoms with Crippen molar-refractivity contribution in [3.63, 3.8) is 0 Å². The summed E-state index contributed by atoms with van der Waals surface area (Å²) in [5.74, 6) is -2.52. The number of ketones is 2. The second kappa shape index (κ2) is 38.5. The zero-order valence-corrected chi connectivity index (χ0v) is 60.4. The number of aliphatic imine (C=N–C) groups is 1. The molecule has 0 aliphatic heterocycles. The van der Waals surface area contributed by atoms with Crippen LogP contribution in [0, 0.1) is 30.6 Å². The number of hydrogen-bond acceptors (Lipinski definition) is 9. The number of thiophene rings is 1. The van der Waals surface area contributed by atoms with E-state index >= 15 is 0 Å². The predicted molar refractivity (Wildman–Crippen MR) is 369 cm³/mol. The number of nitrogens with zero attached hydrogens (tertiary/aromatic N) is 1. The third-order valence-corrected chi connectivity index (χ3v) is 15.5. The van der Waals surface area contributed by atoms with Gasteiger partial charge in [-0.25, -0.2) is 22.6 Å². The average Bonchev–Trinajstić information content (AvgIpc) is 2.24. The molecule has 500 valence electrons. The van der Waals surface area contributed by atoms with Gasteiger partial charge in [-0.3, -0.25) is 9.59 Å². The van der Waals surface area contributed by atoms with Gasteiger partial charge in [0.05, 0.1) is 33.5 Å². The Labute approximate surface area is 540 Å². The molecule has 0 saturated carbocycles. The predicted octanol–water partition coefficient (Wildman–Crippen LogP) is 22.0. The Morgan fingerprint density at radius 3 is 1.63 bits per heavy atom. The van der Waals surface area contributed by atoms with Crippen LogP contribution < -0.4 is 14.2 Å². The number of aryl methyl sites for hydroxylation is 4. The van der Waals surface area contributed by atoms with E-state index < -0.39 is 23.0 Å². The topological polar surface area (TPSA) is 92.7 Å². The number of carbonyl (C=O) groups is 2. The van der Waals surface area contributed by atoms with Gasteiger partial charge in [0.25, 0.3) is 11.8 Å². The molecule has 3 aromatic carbocycles. The Morgan fingerprint density at radius 1 is 0.674 bits per heavy atom. The molecule has 0 bridgehead atoms. The van der Waals surface area contributed by atoms with E-state index in [0.717, 1.165) is 130 Å². The van der Waals surface area contributed by atoms with Gasteiger partial charge < -0.3 is 23.7 Å².